The number of aliphatic hydroxyl groups excluding tert-OH is 1. The van der Waals surface area contributed by atoms with E-state index in [1.165, 1.54) is 12.2 Å². The van der Waals surface area contributed by atoms with Crippen LogP contribution in [0.15, 0.2) is 23.8 Å². The molecule has 188 valence electrons. The van der Waals surface area contributed by atoms with Gasteiger partial charge in [-0.05, 0) is 57.1 Å². The molecule has 0 bridgehead atoms. The Morgan fingerprint density at radius 2 is 2.00 bits per heavy atom. The Kier molecular flexibility index (Phi) is 6.46. The molecule has 3 saturated carbocycles. The molecule has 3 fully saturated rings. The summed E-state index contributed by atoms with van der Waals surface area (Å²) in [4.78, 5) is 38.4. The van der Waals surface area contributed by atoms with Gasteiger partial charge in [0.25, 0.3) is 0 Å². The van der Waals surface area contributed by atoms with Gasteiger partial charge in [0.15, 0.2) is 22.8 Å². The predicted molar refractivity (Wildman–Crippen MR) is 130 cm³/mol. The Hall–Kier alpha value is -1.47. The van der Waals surface area contributed by atoms with Gasteiger partial charge in [0.05, 0.1) is 11.9 Å². The van der Waals surface area contributed by atoms with E-state index < -0.39 is 40.1 Å². The number of hydrogen-bond donors (Lipinski definition) is 2. The number of thiol groups is 1. The molecule has 0 saturated heterocycles. The summed E-state index contributed by atoms with van der Waals surface area (Å²) in [6, 6.07) is 0. The molecular formula is C27H37FO5S. The molecule has 34 heavy (non-hydrogen) atoms. The lowest BCUT2D eigenvalue weighted by Gasteiger charge is -2.62. The predicted octanol–water partition coefficient (Wildman–Crippen LogP) is 4.57. The first-order valence-electron chi connectivity index (χ1n) is 12.6. The maximum absolute atomic E-state index is 17.3. The van der Waals surface area contributed by atoms with Crippen LogP contribution in [0.25, 0.3) is 0 Å². The molecule has 4 rings (SSSR count). The van der Waals surface area contributed by atoms with Gasteiger partial charge in [0, 0.05) is 29.1 Å². The number of allylic oxidation sites excluding steroid dienone is 4. The minimum atomic E-state index is -1.98. The molecule has 0 amide bonds. The van der Waals surface area contributed by atoms with Crippen LogP contribution in [0.2, 0.25) is 0 Å². The maximum Gasteiger partial charge on any atom is 0.306 e. The minimum Gasteiger partial charge on any atom is -0.450 e. The van der Waals surface area contributed by atoms with E-state index in [0.29, 0.717) is 25.7 Å². The van der Waals surface area contributed by atoms with Crippen molar-refractivity contribution in [1.29, 1.82) is 0 Å². The van der Waals surface area contributed by atoms with E-state index in [2.05, 4.69) is 12.6 Å². The number of ether oxygens (including phenoxy) is 1. The van der Waals surface area contributed by atoms with Gasteiger partial charge in [-0.2, -0.15) is 12.6 Å². The molecule has 0 aromatic carbocycles. The van der Waals surface area contributed by atoms with Gasteiger partial charge in [0.2, 0.25) is 0 Å². The first-order chi connectivity index (χ1) is 15.9. The summed E-state index contributed by atoms with van der Waals surface area (Å²) in [7, 11) is 0. The van der Waals surface area contributed by atoms with E-state index in [1.54, 1.807) is 13.0 Å². The van der Waals surface area contributed by atoms with E-state index in [1.807, 2.05) is 20.8 Å². The van der Waals surface area contributed by atoms with E-state index >= 15 is 4.39 Å². The van der Waals surface area contributed by atoms with Crippen molar-refractivity contribution in [2.75, 3.05) is 5.75 Å². The van der Waals surface area contributed by atoms with Gasteiger partial charge in [-0.15, -0.1) is 0 Å². The number of fused-ring (bicyclic) bond motifs is 5. The summed E-state index contributed by atoms with van der Waals surface area (Å²) in [5.74, 6) is -2.07. The molecule has 0 unspecified atom stereocenters. The van der Waals surface area contributed by atoms with Crippen molar-refractivity contribution >= 4 is 30.2 Å². The van der Waals surface area contributed by atoms with Crippen molar-refractivity contribution in [1.82, 2.24) is 0 Å². The number of carbonyl (C=O) groups excluding carboxylic acids is 3. The van der Waals surface area contributed by atoms with Crippen molar-refractivity contribution in [2.24, 2.45) is 28.6 Å². The monoisotopic (exact) mass is 492 g/mol. The van der Waals surface area contributed by atoms with Crippen LogP contribution in [0.1, 0.15) is 72.6 Å². The summed E-state index contributed by atoms with van der Waals surface area (Å²) in [5.41, 5.74) is -4.72. The number of aliphatic hydroxyl groups is 1. The van der Waals surface area contributed by atoms with Crippen LogP contribution >= 0.6 is 12.6 Å². The lowest BCUT2D eigenvalue weighted by molar-refractivity contribution is -0.227. The maximum atomic E-state index is 17.3. The van der Waals surface area contributed by atoms with Crippen LogP contribution in [-0.4, -0.2) is 45.8 Å². The second-order valence-electron chi connectivity index (χ2n) is 11.3. The normalized spacial score (nSPS) is 45.1. The Labute approximate surface area is 207 Å². The Bertz CT molecular complexity index is 961. The zero-order chi connectivity index (χ0) is 25.1. The third-order valence-electron chi connectivity index (χ3n) is 9.75. The average molecular weight is 493 g/mol. The number of rotatable bonds is 6. The SMILES string of the molecule is CCCCC(=O)O[C@]1(C(=O)CS)[C@@H](C)C[C@H]2[C@@H]3CCC4=CC(=O)C=C[C@]4(C)[C@@]3(F)[C@@H](O)C[C@@]21C. The lowest BCUT2D eigenvalue weighted by atomic mass is 9.44. The lowest BCUT2D eigenvalue weighted by Crippen LogP contribution is -2.70. The highest BCUT2D eigenvalue weighted by Gasteiger charge is 2.77. The van der Waals surface area contributed by atoms with E-state index in [-0.39, 0.29) is 42.0 Å². The first-order valence-corrected chi connectivity index (χ1v) is 13.2. The number of unbranched alkanes of at least 4 members (excludes halogenated alkanes) is 1. The molecule has 0 aromatic heterocycles. The summed E-state index contributed by atoms with van der Waals surface area (Å²) in [6.45, 7) is 7.55. The first kappa shape index (κ1) is 25.6. The molecule has 1 N–H and O–H groups in total. The van der Waals surface area contributed by atoms with Crippen molar-refractivity contribution < 1.29 is 28.6 Å². The number of halogens is 1. The quantitative estimate of drug-likeness (QED) is 0.419. The topological polar surface area (TPSA) is 80.7 Å². The highest BCUT2D eigenvalue weighted by molar-refractivity contribution is 7.81. The Morgan fingerprint density at radius 1 is 1.29 bits per heavy atom. The molecule has 7 heteroatoms. The van der Waals surface area contributed by atoms with Crippen LogP contribution in [0.4, 0.5) is 4.39 Å². The fourth-order valence-electron chi connectivity index (χ4n) is 8.07. The number of ketones is 2. The number of carbonyl (C=O) groups is 3. The standard InChI is InChI=1S/C27H37FO5S/c1-5-6-7-23(32)33-27(22(31)15-34)16(2)12-20-19-9-8-17-13-18(29)10-11-24(17,3)26(19,28)21(30)14-25(20,27)4/h10-11,13,16,19-21,30,34H,5-9,12,14-15H2,1-4H3/t16-,19-,20-,21-,24-,25-,26-,27-/m0/s1. The number of Topliss-reactive ketones (excluding diaryl/α,β-unsaturated/α-hetero) is 1. The van der Waals surface area contributed by atoms with Gasteiger partial charge in [-0.1, -0.05) is 38.8 Å². The summed E-state index contributed by atoms with van der Waals surface area (Å²) in [5, 5.41) is 11.5. The number of alkyl halides is 1. The Morgan fingerprint density at radius 3 is 2.65 bits per heavy atom. The molecule has 0 spiro atoms. The van der Waals surface area contributed by atoms with E-state index in [0.717, 1.165) is 12.0 Å². The highest BCUT2D eigenvalue weighted by atomic mass is 32.1. The zero-order valence-corrected chi connectivity index (χ0v) is 21.5. The van der Waals surface area contributed by atoms with Gasteiger partial charge in [-0.3, -0.25) is 14.4 Å². The molecule has 8 atom stereocenters. The second kappa shape index (κ2) is 8.58. The summed E-state index contributed by atoms with van der Waals surface area (Å²) in [6.07, 6.45) is 6.42. The Balaban J connectivity index is 1.80. The van der Waals surface area contributed by atoms with Gasteiger partial charge >= 0.3 is 5.97 Å². The van der Waals surface area contributed by atoms with Crippen molar-refractivity contribution in [2.45, 2.75) is 90.0 Å². The third kappa shape index (κ3) is 3.18. The second-order valence-corrected chi connectivity index (χ2v) is 11.6. The molecule has 5 nitrogen and oxygen atoms in total. The average Bonchev–Trinajstić information content (AvgIpc) is 3.00. The molecule has 4 aliphatic rings. The molecule has 0 aromatic rings. The smallest absolute Gasteiger partial charge is 0.306 e. The van der Waals surface area contributed by atoms with Gasteiger partial charge in [-0.25, -0.2) is 4.39 Å². The fraction of sp³-hybridized carbons (Fsp3) is 0.741. The number of esters is 1. The molecular weight excluding hydrogens is 455 g/mol. The van der Waals surface area contributed by atoms with Gasteiger partial charge < -0.3 is 9.84 Å². The number of hydrogen-bond acceptors (Lipinski definition) is 6. The highest BCUT2D eigenvalue weighted by Crippen LogP contribution is 2.71. The molecule has 0 heterocycles. The minimum absolute atomic E-state index is 0.000237. The fourth-order valence-corrected chi connectivity index (χ4v) is 8.30. The molecule has 0 radical (unpaired) electrons. The van der Waals surface area contributed by atoms with Crippen molar-refractivity contribution in [3.63, 3.8) is 0 Å². The van der Waals surface area contributed by atoms with Gasteiger partial charge in [0.1, 0.15) is 0 Å². The largest absolute Gasteiger partial charge is 0.450 e. The van der Waals surface area contributed by atoms with Crippen LogP contribution in [-0.2, 0) is 19.1 Å². The third-order valence-corrected chi connectivity index (χ3v) is 10.0. The van der Waals surface area contributed by atoms with E-state index in [9.17, 15) is 19.5 Å². The van der Waals surface area contributed by atoms with Crippen LogP contribution in [0.3, 0.4) is 0 Å². The zero-order valence-electron chi connectivity index (χ0n) is 20.6. The van der Waals surface area contributed by atoms with Crippen LogP contribution in [0, 0.1) is 28.6 Å². The van der Waals surface area contributed by atoms with E-state index in [4.69, 9.17) is 4.74 Å². The van der Waals surface area contributed by atoms with Crippen LogP contribution in [0.5, 0.6) is 0 Å². The van der Waals surface area contributed by atoms with Crippen molar-refractivity contribution in [3.8, 4) is 0 Å². The molecule has 4 aliphatic carbocycles. The summed E-state index contributed by atoms with van der Waals surface area (Å²) < 4.78 is 23.4. The molecule has 0 aliphatic heterocycles. The van der Waals surface area contributed by atoms with Crippen LogP contribution < -0.4 is 0 Å². The van der Waals surface area contributed by atoms with Crippen molar-refractivity contribution in [3.05, 3.63) is 23.8 Å². The summed E-state index contributed by atoms with van der Waals surface area (Å²) >= 11 is 4.26.